The summed E-state index contributed by atoms with van der Waals surface area (Å²) >= 11 is 0. The first-order valence-corrected chi connectivity index (χ1v) is 9.87. The Morgan fingerprint density at radius 3 is 2.39 bits per heavy atom. The van der Waals surface area contributed by atoms with Crippen molar-refractivity contribution in [3.8, 4) is 0 Å². The molecule has 2 aromatic heterocycles. The zero-order chi connectivity index (χ0) is 21.4. The number of azo groups is 1. The molecular weight excluding hydrogens is 388 g/mol. The van der Waals surface area contributed by atoms with Gasteiger partial charge < -0.3 is 4.98 Å². The monoisotopic (exact) mass is 406 g/mol. The molecule has 0 amide bonds. The van der Waals surface area contributed by atoms with Gasteiger partial charge in [-0.15, -0.1) is 5.11 Å². The van der Waals surface area contributed by atoms with Crippen LogP contribution in [0, 0.1) is 0 Å². The Kier molecular flexibility index (Phi) is 4.52. The van der Waals surface area contributed by atoms with Crippen LogP contribution in [0.25, 0.3) is 27.5 Å². The van der Waals surface area contributed by atoms with Gasteiger partial charge in [0.15, 0.2) is 5.78 Å². The number of benzene rings is 3. The van der Waals surface area contributed by atoms with Crippen molar-refractivity contribution < 1.29 is 4.79 Å². The first-order chi connectivity index (χ1) is 15.1. The van der Waals surface area contributed by atoms with Gasteiger partial charge in [-0.3, -0.25) is 14.0 Å². The van der Waals surface area contributed by atoms with Crippen LogP contribution < -0.4 is 5.56 Å². The Labute approximate surface area is 177 Å². The number of nitrogens with zero attached hydrogens (tertiary/aromatic N) is 3. The second-order valence-electron chi connectivity index (χ2n) is 7.24. The second kappa shape index (κ2) is 7.50. The minimum absolute atomic E-state index is 0.117. The Morgan fingerprint density at radius 2 is 1.58 bits per heavy atom. The zero-order valence-electron chi connectivity index (χ0n) is 16.7. The summed E-state index contributed by atoms with van der Waals surface area (Å²) in [6.07, 6.45) is 1.46. The predicted octanol–water partition coefficient (Wildman–Crippen LogP) is 5.80. The van der Waals surface area contributed by atoms with Crippen LogP contribution in [0.4, 0.5) is 5.69 Å². The van der Waals surface area contributed by atoms with Crippen LogP contribution >= 0.6 is 0 Å². The Morgan fingerprint density at radius 1 is 0.903 bits per heavy atom. The molecule has 31 heavy (non-hydrogen) atoms. The lowest BCUT2D eigenvalue weighted by Crippen LogP contribution is -2.13. The Balaban J connectivity index is 1.66. The van der Waals surface area contributed by atoms with Crippen LogP contribution in [0.5, 0.6) is 0 Å². The first-order valence-electron chi connectivity index (χ1n) is 9.87. The molecule has 2 heterocycles. The normalized spacial score (nSPS) is 12.4. The molecule has 6 heteroatoms. The summed E-state index contributed by atoms with van der Waals surface area (Å²) in [5.74, 6) is -0.136. The number of nitrogens with one attached hydrogen (secondary N) is 1. The smallest absolute Gasteiger partial charge is 0.266 e. The summed E-state index contributed by atoms with van der Waals surface area (Å²) in [5.41, 5.74) is 3.54. The molecule has 150 valence electrons. The molecular formula is C25H18N4O2. The van der Waals surface area contributed by atoms with Gasteiger partial charge >= 0.3 is 0 Å². The number of carbonyl (C=O) groups is 1. The number of aromatic amines is 1. The van der Waals surface area contributed by atoms with Gasteiger partial charge in [-0.1, -0.05) is 60.7 Å². The lowest BCUT2D eigenvalue weighted by molar-refractivity contribution is 0.104. The number of allylic oxidation sites excluding steroid dienone is 2. The maximum Gasteiger partial charge on any atom is 0.266 e. The Bertz CT molecular complexity index is 1570. The molecule has 0 bridgehead atoms. The molecule has 0 saturated carbocycles. The van der Waals surface area contributed by atoms with Crippen LogP contribution in [0.15, 0.2) is 106 Å². The molecule has 6 nitrogen and oxygen atoms in total. The molecule has 0 aliphatic carbocycles. The standard InChI is InChI=1S/C25H18N4O2/c1-16(15-22(30)17-9-3-2-4-10-17)27-28-23-19-12-6-8-14-21(19)29-24(23)26-20-13-7-5-11-18(20)25(29)31/h2-15,26H,1H3. The molecule has 1 N–H and O–H groups in total. The van der Waals surface area contributed by atoms with Crippen molar-refractivity contribution in [1.29, 1.82) is 0 Å². The third kappa shape index (κ3) is 3.24. The van der Waals surface area contributed by atoms with E-state index in [1.807, 2.05) is 60.7 Å². The zero-order valence-corrected chi connectivity index (χ0v) is 16.7. The van der Waals surface area contributed by atoms with E-state index in [-0.39, 0.29) is 11.3 Å². The van der Waals surface area contributed by atoms with Gasteiger partial charge in [0.1, 0.15) is 11.3 Å². The lowest BCUT2D eigenvalue weighted by atomic mass is 10.1. The summed E-state index contributed by atoms with van der Waals surface area (Å²) < 4.78 is 1.63. The van der Waals surface area contributed by atoms with Crippen molar-refractivity contribution in [1.82, 2.24) is 9.38 Å². The van der Waals surface area contributed by atoms with E-state index >= 15 is 0 Å². The molecule has 5 aromatic rings. The molecule has 5 rings (SSSR count). The number of ketones is 1. The number of aromatic nitrogens is 2. The highest BCUT2D eigenvalue weighted by Gasteiger charge is 2.16. The van der Waals surface area contributed by atoms with Gasteiger partial charge in [0, 0.05) is 17.0 Å². The van der Waals surface area contributed by atoms with E-state index in [2.05, 4.69) is 15.2 Å². The van der Waals surface area contributed by atoms with Gasteiger partial charge in [-0.2, -0.15) is 5.11 Å². The first kappa shape index (κ1) is 18.7. The van der Waals surface area contributed by atoms with Crippen molar-refractivity contribution in [3.05, 3.63) is 107 Å². The van der Waals surface area contributed by atoms with Crippen LogP contribution in [-0.2, 0) is 0 Å². The average Bonchev–Trinajstić information content (AvgIpc) is 3.12. The minimum atomic E-state index is -0.136. The molecule has 3 aromatic carbocycles. The van der Waals surface area contributed by atoms with E-state index in [4.69, 9.17) is 0 Å². The highest BCUT2D eigenvalue weighted by molar-refractivity contribution is 6.05. The number of fused-ring (bicyclic) bond motifs is 4. The van der Waals surface area contributed by atoms with Gasteiger partial charge in [-0.25, -0.2) is 0 Å². The maximum absolute atomic E-state index is 13.2. The molecule has 0 saturated heterocycles. The fraction of sp³-hybridized carbons (Fsp3) is 0.0400. The topological polar surface area (TPSA) is 79.1 Å². The Hall–Kier alpha value is -4.32. The van der Waals surface area contributed by atoms with E-state index in [9.17, 15) is 9.59 Å². The number of hydrogen-bond acceptors (Lipinski definition) is 4. The number of H-pyrrole nitrogens is 1. The second-order valence-corrected chi connectivity index (χ2v) is 7.24. The van der Waals surface area contributed by atoms with E-state index in [1.165, 1.54) is 6.08 Å². The highest BCUT2D eigenvalue weighted by Crippen LogP contribution is 2.33. The molecule has 0 aliphatic heterocycles. The van der Waals surface area contributed by atoms with Crippen molar-refractivity contribution >= 4 is 38.9 Å². The van der Waals surface area contributed by atoms with Crippen LogP contribution in [-0.4, -0.2) is 15.2 Å². The third-order valence-corrected chi connectivity index (χ3v) is 5.17. The number of carbonyl (C=O) groups excluding carboxylic acids is 1. The third-order valence-electron chi connectivity index (χ3n) is 5.17. The van der Waals surface area contributed by atoms with E-state index in [0.29, 0.717) is 28.0 Å². The van der Waals surface area contributed by atoms with Gasteiger partial charge in [-0.05, 0) is 25.1 Å². The summed E-state index contributed by atoms with van der Waals surface area (Å²) in [7, 11) is 0. The van der Waals surface area contributed by atoms with Crippen LogP contribution in [0.2, 0.25) is 0 Å². The number of rotatable bonds is 4. The summed E-state index contributed by atoms with van der Waals surface area (Å²) in [6, 6.07) is 24.0. The molecule has 0 atom stereocenters. The average molecular weight is 406 g/mol. The summed E-state index contributed by atoms with van der Waals surface area (Å²) in [6.45, 7) is 1.73. The number of hydrogen-bond donors (Lipinski definition) is 1. The fourth-order valence-corrected chi connectivity index (χ4v) is 3.71. The van der Waals surface area contributed by atoms with Crippen molar-refractivity contribution in [3.63, 3.8) is 0 Å². The minimum Gasteiger partial charge on any atom is -0.339 e. The van der Waals surface area contributed by atoms with Gasteiger partial charge in [0.25, 0.3) is 5.56 Å². The highest BCUT2D eigenvalue weighted by atomic mass is 16.1. The quantitative estimate of drug-likeness (QED) is 0.232. The molecule has 0 aliphatic rings. The maximum atomic E-state index is 13.2. The fourth-order valence-electron chi connectivity index (χ4n) is 3.71. The van der Waals surface area contributed by atoms with Crippen LogP contribution in [0.1, 0.15) is 17.3 Å². The van der Waals surface area contributed by atoms with E-state index in [1.54, 1.807) is 29.5 Å². The van der Waals surface area contributed by atoms with E-state index < -0.39 is 0 Å². The van der Waals surface area contributed by atoms with Crippen molar-refractivity contribution in [2.24, 2.45) is 10.2 Å². The van der Waals surface area contributed by atoms with Crippen molar-refractivity contribution in [2.75, 3.05) is 0 Å². The van der Waals surface area contributed by atoms with Gasteiger partial charge in [0.2, 0.25) is 0 Å². The molecule has 0 unspecified atom stereocenters. The lowest BCUT2D eigenvalue weighted by Gasteiger charge is -2.01. The van der Waals surface area contributed by atoms with E-state index in [0.717, 1.165) is 16.4 Å². The molecule has 0 fully saturated rings. The SMILES string of the molecule is CC(=CC(=O)c1ccccc1)N=Nc1c2ccccc2n2c(=O)c3ccccc3[nH]c12. The molecule has 0 radical (unpaired) electrons. The van der Waals surface area contributed by atoms with Gasteiger partial charge in [0.05, 0.1) is 22.1 Å². The predicted molar refractivity (Wildman–Crippen MR) is 122 cm³/mol. The molecule has 0 spiro atoms. The summed E-state index contributed by atoms with van der Waals surface area (Å²) in [4.78, 5) is 28.9. The largest absolute Gasteiger partial charge is 0.339 e. The summed E-state index contributed by atoms with van der Waals surface area (Å²) in [5, 5.41) is 10.1. The van der Waals surface area contributed by atoms with Crippen LogP contribution in [0.3, 0.4) is 0 Å². The number of para-hydroxylation sites is 2. The van der Waals surface area contributed by atoms with Crippen molar-refractivity contribution in [2.45, 2.75) is 6.92 Å².